The number of hydrogen-bond donors (Lipinski definition) is 2. The van der Waals surface area contributed by atoms with Gasteiger partial charge in [-0.15, -0.1) is 0 Å². The fraction of sp³-hybridized carbons (Fsp3) is 0.533. The van der Waals surface area contributed by atoms with Crippen molar-refractivity contribution in [3.05, 3.63) is 29.8 Å². The first-order chi connectivity index (χ1) is 9.29. The number of ether oxygens (including phenoxy) is 1. The normalized spacial score (nSPS) is 18.3. The molecule has 0 radical (unpaired) electrons. The van der Waals surface area contributed by atoms with Crippen LogP contribution in [-0.4, -0.2) is 31.7 Å². The number of anilines is 1. The van der Waals surface area contributed by atoms with E-state index >= 15 is 0 Å². The monoisotopic (exact) mass is 262 g/mol. The number of rotatable bonds is 6. The standard InChI is InChI=1S/C15H22N2O2/c1-2-10-19-15(18)12-5-7-13(8-6-12)17-11-14-4-3-9-16-14/h5-8,14,16-17H,2-4,9-11H2,1H3. The third-order valence-electron chi connectivity index (χ3n) is 3.27. The second-order valence-corrected chi connectivity index (χ2v) is 4.89. The van der Waals surface area contributed by atoms with E-state index in [4.69, 9.17) is 4.74 Å². The summed E-state index contributed by atoms with van der Waals surface area (Å²) in [6.07, 6.45) is 3.34. The zero-order valence-corrected chi connectivity index (χ0v) is 11.4. The van der Waals surface area contributed by atoms with Crippen molar-refractivity contribution in [1.82, 2.24) is 5.32 Å². The highest BCUT2D eigenvalue weighted by Crippen LogP contribution is 2.12. The Bertz CT molecular complexity index is 397. The van der Waals surface area contributed by atoms with Crippen LogP contribution in [0.3, 0.4) is 0 Å². The van der Waals surface area contributed by atoms with E-state index in [1.54, 1.807) is 0 Å². The molecule has 1 saturated heterocycles. The molecular formula is C15H22N2O2. The molecular weight excluding hydrogens is 240 g/mol. The van der Waals surface area contributed by atoms with E-state index < -0.39 is 0 Å². The molecule has 0 amide bonds. The Morgan fingerprint density at radius 3 is 2.84 bits per heavy atom. The van der Waals surface area contributed by atoms with Crippen molar-refractivity contribution in [2.45, 2.75) is 32.2 Å². The molecule has 104 valence electrons. The first kappa shape index (κ1) is 13.9. The molecule has 1 aromatic carbocycles. The molecule has 4 nitrogen and oxygen atoms in total. The molecule has 1 aliphatic rings. The lowest BCUT2D eigenvalue weighted by molar-refractivity contribution is 0.0505. The van der Waals surface area contributed by atoms with Crippen LogP contribution in [0.5, 0.6) is 0 Å². The van der Waals surface area contributed by atoms with Crippen LogP contribution in [-0.2, 0) is 4.74 Å². The Morgan fingerprint density at radius 1 is 1.42 bits per heavy atom. The van der Waals surface area contributed by atoms with Crippen molar-refractivity contribution in [1.29, 1.82) is 0 Å². The maximum atomic E-state index is 11.6. The molecule has 0 bridgehead atoms. The maximum Gasteiger partial charge on any atom is 0.338 e. The number of esters is 1. The number of carbonyl (C=O) groups is 1. The first-order valence-electron chi connectivity index (χ1n) is 7.04. The summed E-state index contributed by atoms with van der Waals surface area (Å²) in [7, 11) is 0. The predicted octanol–water partition coefficient (Wildman–Crippen LogP) is 2.42. The molecule has 1 aromatic rings. The number of hydrogen-bond acceptors (Lipinski definition) is 4. The van der Waals surface area contributed by atoms with Crippen LogP contribution in [0.1, 0.15) is 36.5 Å². The Morgan fingerprint density at radius 2 is 2.21 bits per heavy atom. The van der Waals surface area contributed by atoms with Crippen LogP contribution < -0.4 is 10.6 Å². The Hall–Kier alpha value is -1.55. The van der Waals surface area contributed by atoms with Crippen LogP contribution in [0, 0.1) is 0 Å². The fourth-order valence-electron chi connectivity index (χ4n) is 2.17. The SMILES string of the molecule is CCCOC(=O)c1ccc(NCC2CCCN2)cc1. The van der Waals surface area contributed by atoms with Crippen molar-refractivity contribution in [3.63, 3.8) is 0 Å². The van der Waals surface area contributed by atoms with E-state index in [0.717, 1.165) is 25.2 Å². The van der Waals surface area contributed by atoms with Gasteiger partial charge in [0.05, 0.1) is 12.2 Å². The van der Waals surface area contributed by atoms with Gasteiger partial charge in [0.2, 0.25) is 0 Å². The van der Waals surface area contributed by atoms with Crippen LogP contribution in [0.4, 0.5) is 5.69 Å². The summed E-state index contributed by atoms with van der Waals surface area (Å²) in [5.41, 5.74) is 1.65. The third kappa shape index (κ3) is 4.24. The molecule has 1 fully saturated rings. The van der Waals surface area contributed by atoms with Crippen molar-refractivity contribution in [2.75, 3.05) is 25.0 Å². The van der Waals surface area contributed by atoms with E-state index in [0.29, 0.717) is 18.2 Å². The van der Waals surface area contributed by atoms with Gasteiger partial charge in [0, 0.05) is 18.3 Å². The van der Waals surface area contributed by atoms with Crippen LogP contribution >= 0.6 is 0 Å². The highest BCUT2D eigenvalue weighted by atomic mass is 16.5. The van der Waals surface area contributed by atoms with Crippen molar-refractivity contribution in [2.24, 2.45) is 0 Å². The molecule has 0 aliphatic carbocycles. The summed E-state index contributed by atoms with van der Waals surface area (Å²) in [4.78, 5) is 11.6. The minimum absolute atomic E-state index is 0.245. The van der Waals surface area contributed by atoms with E-state index in [1.165, 1.54) is 12.8 Å². The summed E-state index contributed by atoms with van der Waals surface area (Å²) in [6.45, 7) is 4.51. The summed E-state index contributed by atoms with van der Waals surface area (Å²) in [6, 6.07) is 8.04. The number of nitrogens with one attached hydrogen (secondary N) is 2. The Balaban J connectivity index is 1.81. The molecule has 2 N–H and O–H groups in total. The average molecular weight is 262 g/mol. The Kier molecular flexibility index (Phi) is 5.21. The van der Waals surface area contributed by atoms with Gasteiger partial charge in [-0.25, -0.2) is 4.79 Å². The number of benzene rings is 1. The lowest BCUT2D eigenvalue weighted by Crippen LogP contribution is -2.29. The number of carbonyl (C=O) groups excluding carboxylic acids is 1. The van der Waals surface area contributed by atoms with Crippen LogP contribution in [0.25, 0.3) is 0 Å². The van der Waals surface area contributed by atoms with Gasteiger partial charge < -0.3 is 15.4 Å². The van der Waals surface area contributed by atoms with E-state index in [-0.39, 0.29) is 5.97 Å². The summed E-state index contributed by atoms with van der Waals surface area (Å²) >= 11 is 0. The van der Waals surface area contributed by atoms with Crippen molar-refractivity contribution < 1.29 is 9.53 Å². The smallest absolute Gasteiger partial charge is 0.338 e. The molecule has 1 aliphatic heterocycles. The molecule has 2 rings (SSSR count). The zero-order chi connectivity index (χ0) is 13.5. The molecule has 1 unspecified atom stereocenters. The third-order valence-corrected chi connectivity index (χ3v) is 3.27. The molecule has 0 spiro atoms. The van der Waals surface area contributed by atoms with Gasteiger partial charge in [-0.3, -0.25) is 0 Å². The summed E-state index contributed by atoms with van der Waals surface area (Å²) in [5.74, 6) is -0.245. The van der Waals surface area contributed by atoms with Gasteiger partial charge in [-0.05, 0) is 50.1 Å². The van der Waals surface area contributed by atoms with Crippen LogP contribution in [0.15, 0.2) is 24.3 Å². The molecule has 1 atom stereocenters. The minimum Gasteiger partial charge on any atom is -0.462 e. The second-order valence-electron chi connectivity index (χ2n) is 4.89. The molecule has 0 aromatic heterocycles. The second kappa shape index (κ2) is 7.14. The predicted molar refractivity (Wildman–Crippen MR) is 76.5 cm³/mol. The van der Waals surface area contributed by atoms with Crippen molar-refractivity contribution >= 4 is 11.7 Å². The highest BCUT2D eigenvalue weighted by Gasteiger charge is 2.13. The van der Waals surface area contributed by atoms with Crippen LogP contribution in [0.2, 0.25) is 0 Å². The summed E-state index contributed by atoms with van der Waals surface area (Å²) in [5, 5.41) is 6.82. The van der Waals surface area contributed by atoms with Gasteiger partial charge in [0.1, 0.15) is 0 Å². The lowest BCUT2D eigenvalue weighted by Gasteiger charge is -2.12. The fourth-order valence-corrected chi connectivity index (χ4v) is 2.17. The average Bonchev–Trinajstić information content (AvgIpc) is 2.96. The highest BCUT2D eigenvalue weighted by molar-refractivity contribution is 5.89. The van der Waals surface area contributed by atoms with E-state index in [1.807, 2.05) is 31.2 Å². The lowest BCUT2D eigenvalue weighted by atomic mass is 10.2. The topological polar surface area (TPSA) is 50.4 Å². The zero-order valence-electron chi connectivity index (χ0n) is 11.4. The minimum atomic E-state index is -0.245. The first-order valence-corrected chi connectivity index (χ1v) is 7.04. The van der Waals surface area contributed by atoms with Gasteiger partial charge in [-0.1, -0.05) is 6.92 Å². The van der Waals surface area contributed by atoms with E-state index in [2.05, 4.69) is 10.6 Å². The van der Waals surface area contributed by atoms with Gasteiger partial charge in [-0.2, -0.15) is 0 Å². The van der Waals surface area contributed by atoms with Gasteiger partial charge in [0.15, 0.2) is 0 Å². The summed E-state index contributed by atoms with van der Waals surface area (Å²) < 4.78 is 5.09. The molecule has 1 heterocycles. The molecule has 0 saturated carbocycles. The van der Waals surface area contributed by atoms with Gasteiger partial charge in [0.25, 0.3) is 0 Å². The van der Waals surface area contributed by atoms with Crippen molar-refractivity contribution in [3.8, 4) is 0 Å². The molecule has 4 heteroatoms. The van der Waals surface area contributed by atoms with Gasteiger partial charge >= 0.3 is 5.97 Å². The van der Waals surface area contributed by atoms with E-state index in [9.17, 15) is 4.79 Å². The molecule has 19 heavy (non-hydrogen) atoms. The Labute approximate surface area is 114 Å². The largest absolute Gasteiger partial charge is 0.462 e. The quantitative estimate of drug-likeness (QED) is 0.773. The maximum absolute atomic E-state index is 11.6.